The first-order valence-electron chi connectivity index (χ1n) is 7.50. The number of unbranched alkanes of at least 4 members (excludes halogenated alkanes) is 1. The lowest BCUT2D eigenvalue weighted by Gasteiger charge is -2.41. The van der Waals surface area contributed by atoms with E-state index in [-0.39, 0.29) is 24.0 Å². The number of hydrogen-bond donors (Lipinski definition) is 2. The fourth-order valence-electron chi connectivity index (χ4n) is 3.61. The summed E-state index contributed by atoms with van der Waals surface area (Å²) in [5.74, 6) is -0.531. The van der Waals surface area contributed by atoms with E-state index in [1.54, 1.807) is 0 Å². The van der Waals surface area contributed by atoms with Gasteiger partial charge in [-0.15, -0.1) is 0 Å². The van der Waals surface area contributed by atoms with E-state index in [1.807, 2.05) is 13.8 Å². The zero-order chi connectivity index (χ0) is 14.3. The average molecular weight is 287 g/mol. The minimum absolute atomic E-state index is 0.00831. The molecule has 0 spiro atoms. The van der Waals surface area contributed by atoms with Gasteiger partial charge in [0, 0.05) is 6.54 Å². The molecule has 2 aliphatic heterocycles. The number of nitrogens with one attached hydrogen (secondary N) is 1. The van der Waals surface area contributed by atoms with Gasteiger partial charge in [0.05, 0.1) is 20.7 Å². The highest BCUT2D eigenvalue weighted by Crippen LogP contribution is 2.47. The lowest BCUT2D eigenvalue weighted by Crippen LogP contribution is -2.61. The van der Waals surface area contributed by atoms with Gasteiger partial charge in [0.1, 0.15) is 11.3 Å². The number of aliphatic hydroxyl groups is 1. The first-order chi connectivity index (χ1) is 8.78. The Morgan fingerprint density at radius 1 is 1.37 bits per heavy atom. The molecule has 0 amide bonds. The summed E-state index contributed by atoms with van der Waals surface area (Å²) >= 11 is 0. The predicted molar refractivity (Wildman–Crippen MR) is 78.8 cm³/mol. The monoisotopic (exact) mass is 287 g/mol. The zero-order valence-electron chi connectivity index (χ0n) is 13.0. The molecular formula is C14H29NO3Si. The molecule has 0 saturated carbocycles. The second-order valence-corrected chi connectivity index (χ2v) is 12.2. The molecule has 0 aromatic carbocycles. The molecule has 4 nitrogen and oxygen atoms in total. The minimum Gasteiger partial charge on any atom is -0.395 e. The molecule has 2 fully saturated rings. The summed E-state index contributed by atoms with van der Waals surface area (Å²) in [6, 6.07) is 1.26. The zero-order valence-corrected chi connectivity index (χ0v) is 14.0. The number of ether oxygens (including phenoxy) is 2. The quantitative estimate of drug-likeness (QED) is 0.758. The minimum atomic E-state index is -1.61. The highest BCUT2D eigenvalue weighted by Gasteiger charge is 2.65. The molecule has 0 aliphatic carbocycles. The second kappa shape index (κ2) is 5.11. The van der Waals surface area contributed by atoms with Gasteiger partial charge in [0.25, 0.3) is 0 Å². The molecule has 0 unspecified atom stereocenters. The van der Waals surface area contributed by atoms with Gasteiger partial charge in [0.15, 0.2) is 5.79 Å². The van der Waals surface area contributed by atoms with Crippen molar-refractivity contribution in [1.29, 1.82) is 0 Å². The molecule has 19 heavy (non-hydrogen) atoms. The molecule has 3 atom stereocenters. The summed E-state index contributed by atoms with van der Waals surface area (Å²) < 4.78 is 12.6. The Morgan fingerprint density at radius 2 is 2.05 bits per heavy atom. The Balaban J connectivity index is 2.28. The van der Waals surface area contributed by atoms with Crippen LogP contribution in [0.2, 0.25) is 19.1 Å². The molecule has 0 radical (unpaired) electrons. The molecule has 2 aliphatic rings. The SMILES string of the molecule is CCCC[Si](C)(C)[C@]12CN[C@H](CO)[C@H]1OC(C)(C)O2. The molecule has 2 rings (SSSR count). The molecule has 0 aromatic heterocycles. The number of fused-ring (bicyclic) bond motifs is 1. The molecule has 2 N–H and O–H groups in total. The summed E-state index contributed by atoms with van der Waals surface area (Å²) in [7, 11) is -1.61. The van der Waals surface area contributed by atoms with Crippen molar-refractivity contribution in [2.75, 3.05) is 13.2 Å². The normalized spacial score (nSPS) is 37.6. The average Bonchev–Trinajstić information content (AvgIpc) is 2.78. The van der Waals surface area contributed by atoms with Gasteiger partial charge in [-0.3, -0.25) is 0 Å². The Morgan fingerprint density at radius 3 is 2.63 bits per heavy atom. The van der Waals surface area contributed by atoms with Gasteiger partial charge >= 0.3 is 0 Å². The van der Waals surface area contributed by atoms with E-state index < -0.39 is 13.9 Å². The van der Waals surface area contributed by atoms with Gasteiger partial charge in [-0.2, -0.15) is 0 Å². The van der Waals surface area contributed by atoms with Gasteiger partial charge in [-0.25, -0.2) is 0 Å². The summed E-state index contributed by atoms with van der Waals surface area (Å²) in [5, 5.41) is 12.8. The third-order valence-corrected chi connectivity index (χ3v) is 9.25. The van der Waals surface area contributed by atoms with E-state index in [0.29, 0.717) is 0 Å². The van der Waals surface area contributed by atoms with Crippen LogP contribution in [-0.2, 0) is 9.47 Å². The van der Waals surface area contributed by atoms with E-state index in [9.17, 15) is 5.11 Å². The highest BCUT2D eigenvalue weighted by atomic mass is 28.3. The van der Waals surface area contributed by atoms with Crippen LogP contribution in [0.25, 0.3) is 0 Å². The second-order valence-electron chi connectivity index (χ2n) is 7.09. The topological polar surface area (TPSA) is 50.7 Å². The molecule has 0 bridgehead atoms. The maximum atomic E-state index is 9.56. The van der Waals surface area contributed by atoms with E-state index >= 15 is 0 Å². The van der Waals surface area contributed by atoms with Crippen LogP contribution in [0.4, 0.5) is 0 Å². The van der Waals surface area contributed by atoms with E-state index in [1.165, 1.54) is 18.9 Å². The first-order valence-corrected chi connectivity index (χ1v) is 10.7. The van der Waals surface area contributed by atoms with Crippen LogP contribution in [0.3, 0.4) is 0 Å². The maximum Gasteiger partial charge on any atom is 0.163 e. The largest absolute Gasteiger partial charge is 0.395 e. The predicted octanol–water partition coefficient (Wildman–Crippen LogP) is 1.89. The third-order valence-electron chi connectivity index (χ3n) is 4.79. The van der Waals surface area contributed by atoms with Crippen LogP contribution in [0.5, 0.6) is 0 Å². The summed E-state index contributed by atoms with van der Waals surface area (Å²) in [6.07, 6.45) is 2.46. The standard InChI is InChI=1S/C14H29NO3Si/c1-6-7-8-19(4,5)14-10-15-11(9-16)12(14)17-13(2,3)18-14/h11-12,15-16H,6-10H2,1-5H3/t11-,12-,14-/m1/s1. The van der Waals surface area contributed by atoms with Crippen molar-refractivity contribution < 1.29 is 14.6 Å². The molecule has 112 valence electrons. The fourth-order valence-corrected chi connectivity index (χ4v) is 7.40. The van der Waals surface area contributed by atoms with Crippen LogP contribution in [0.15, 0.2) is 0 Å². The van der Waals surface area contributed by atoms with Crippen LogP contribution in [0, 0.1) is 0 Å². The van der Waals surface area contributed by atoms with E-state index in [4.69, 9.17) is 9.47 Å². The van der Waals surface area contributed by atoms with Crippen molar-refractivity contribution in [1.82, 2.24) is 5.32 Å². The smallest absolute Gasteiger partial charge is 0.163 e. The van der Waals surface area contributed by atoms with Crippen molar-refractivity contribution in [3.63, 3.8) is 0 Å². The lowest BCUT2D eigenvalue weighted by molar-refractivity contribution is -0.159. The van der Waals surface area contributed by atoms with Gasteiger partial charge in [-0.1, -0.05) is 38.9 Å². The van der Waals surface area contributed by atoms with Crippen molar-refractivity contribution in [2.24, 2.45) is 0 Å². The van der Waals surface area contributed by atoms with Crippen LogP contribution < -0.4 is 5.32 Å². The van der Waals surface area contributed by atoms with E-state index in [0.717, 1.165) is 6.54 Å². The maximum absolute atomic E-state index is 9.56. The fraction of sp³-hybridized carbons (Fsp3) is 1.00. The van der Waals surface area contributed by atoms with Crippen molar-refractivity contribution in [3.8, 4) is 0 Å². The number of hydrogen-bond acceptors (Lipinski definition) is 4. The van der Waals surface area contributed by atoms with Gasteiger partial charge in [-0.05, 0) is 13.8 Å². The van der Waals surface area contributed by atoms with Gasteiger partial charge < -0.3 is 19.9 Å². The number of aliphatic hydroxyl groups excluding tert-OH is 1. The van der Waals surface area contributed by atoms with Crippen molar-refractivity contribution in [2.45, 2.75) is 75.9 Å². The molecular weight excluding hydrogens is 258 g/mol. The molecule has 2 heterocycles. The van der Waals surface area contributed by atoms with Crippen LogP contribution >= 0.6 is 0 Å². The lowest BCUT2D eigenvalue weighted by atomic mass is 10.1. The highest BCUT2D eigenvalue weighted by molar-refractivity contribution is 6.80. The van der Waals surface area contributed by atoms with E-state index in [2.05, 4.69) is 25.3 Å². The van der Waals surface area contributed by atoms with Crippen molar-refractivity contribution in [3.05, 3.63) is 0 Å². The van der Waals surface area contributed by atoms with Crippen LogP contribution in [0.1, 0.15) is 33.6 Å². The summed E-state index contributed by atoms with van der Waals surface area (Å²) in [4.78, 5) is 0. The Bertz CT molecular complexity index is 335. The molecule has 0 aromatic rings. The van der Waals surface area contributed by atoms with Crippen LogP contribution in [-0.4, -0.2) is 49.5 Å². The first kappa shape index (κ1) is 15.4. The molecule has 2 saturated heterocycles. The summed E-state index contributed by atoms with van der Waals surface area (Å²) in [5.41, 5.74) is 0. The number of rotatable bonds is 5. The summed E-state index contributed by atoms with van der Waals surface area (Å²) in [6.45, 7) is 12.0. The Hall–Kier alpha value is 0.0569. The molecule has 5 heteroatoms. The Labute approximate surface area is 117 Å². The van der Waals surface area contributed by atoms with Gasteiger partial charge in [0.2, 0.25) is 0 Å². The third kappa shape index (κ3) is 2.51. The Kier molecular flexibility index (Phi) is 4.16. The van der Waals surface area contributed by atoms with Crippen molar-refractivity contribution >= 4 is 8.07 Å².